The van der Waals surface area contributed by atoms with Gasteiger partial charge in [-0.05, 0) is 81.6 Å². The largest absolute Gasteiger partial charge is 0.490 e. The molecule has 0 saturated carbocycles. The number of hydrogen-bond donors (Lipinski definition) is 2. The van der Waals surface area contributed by atoms with Gasteiger partial charge in [0.05, 0.1) is 11.6 Å². The Hall–Kier alpha value is -4.21. The van der Waals surface area contributed by atoms with Crippen LogP contribution in [0.4, 0.5) is 21.7 Å². The molecule has 0 aliphatic carbocycles. The van der Waals surface area contributed by atoms with Crippen LogP contribution in [-0.2, 0) is 0 Å². The molecule has 1 fully saturated rings. The molecular formula is C33H35ClFN5O3. The monoisotopic (exact) mass is 603 g/mol. The molecule has 0 radical (unpaired) electrons. The zero-order chi connectivity index (χ0) is 30.2. The summed E-state index contributed by atoms with van der Waals surface area (Å²) < 4.78 is 26.6. The number of para-hydroxylation sites is 2. The van der Waals surface area contributed by atoms with Crippen LogP contribution < -0.4 is 20.1 Å². The second-order valence-corrected chi connectivity index (χ2v) is 10.9. The van der Waals surface area contributed by atoms with Crippen LogP contribution >= 0.6 is 11.6 Å². The maximum Gasteiger partial charge on any atom is 0.262 e. The fourth-order valence-electron chi connectivity index (χ4n) is 4.96. The number of ether oxygens (including phenoxy) is 2. The van der Waals surface area contributed by atoms with Gasteiger partial charge in [-0.25, -0.2) is 9.37 Å². The van der Waals surface area contributed by atoms with Crippen molar-refractivity contribution in [1.82, 2.24) is 14.9 Å². The third-order valence-corrected chi connectivity index (χ3v) is 7.59. The molecule has 4 aromatic rings. The Labute approximate surface area is 256 Å². The average Bonchev–Trinajstić information content (AvgIpc) is 3.00. The van der Waals surface area contributed by atoms with Gasteiger partial charge in [-0.15, -0.1) is 0 Å². The standard InChI is InChI=1S/C33H35ClFN5O3/c1-22-10-8-11-23(2)30(22)38-31(41)25-21-36-33(39-32(25)43-28-13-5-4-12-26(28)34)37-24-14-15-29(27(35)20-24)42-19-9-18-40-16-6-3-7-17-40/h4-5,8,10-15,20-21H,3,6-7,9,16-19H2,1-2H3,(H,38,41)(H,36,37,39). The summed E-state index contributed by atoms with van der Waals surface area (Å²) in [6, 6.07) is 17.2. The molecule has 224 valence electrons. The summed E-state index contributed by atoms with van der Waals surface area (Å²) in [4.78, 5) is 24.6. The Balaban J connectivity index is 1.30. The first kappa shape index (κ1) is 30.3. The van der Waals surface area contributed by atoms with Gasteiger partial charge in [-0.1, -0.05) is 48.4 Å². The lowest BCUT2D eigenvalue weighted by molar-refractivity contribution is 0.102. The fourth-order valence-corrected chi connectivity index (χ4v) is 5.14. The van der Waals surface area contributed by atoms with E-state index >= 15 is 0 Å². The van der Waals surface area contributed by atoms with Gasteiger partial charge in [-0.2, -0.15) is 4.98 Å². The summed E-state index contributed by atoms with van der Waals surface area (Å²) in [6.07, 6.45) is 5.98. The topological polar surface area (TPSA) is 88.6 Å². The van der Waals surface area contributed by atoms with Crippen LogP contribution in [0.2, 0.25) is 5.02 Å². The third kappa shape index (κ3) is 8.00. The first-order valence-corrected chi connectivity index (χ1v) is 14.8. The van der Waals surface area contributed by atoms with E-state index in [9.17, 15) is 9.18 Å². The molecule has 2 heterocycles. The molecule has 0 atom stereocenters. The number of carbonyl (C=O) groups is 1. The minimum Gasteiger partial charge on any atom is -0.490 e. The van der Waals surface area contributed by atoms with Crippen molar-refractivity contribution < 1.29 is 18.7 Å². The van der Waals surface area contributed by atoms with E-state index in [2.05, 4.69) is 25.5 Å². The van der Waals surface area contributed by atoms with Gasteiger partial charge in [0.1, 0.15) is 11.3 Å². The Morgan fingerprint density at radius 2 is 1.77 bits per heavy atom. The highest BCUT2D eigenvalue weighted by atomic mass is 35.5. The molecular weight excluding hydrogens is 569 g/mol. The van der Waals surface area contributed by atoms with E-state index in [1.54, 1.807) is 36.4 Å². The second-order valence-electron chi connectivity index (χ2n) is 10.5. The van der Waals surface area contributed by atoms with Crippen molar-refractivity contribution in [3.63, 3.8) is 0 Å². The summed E-state index contributed by atoms with van der Waals surface area (Å²) >= 11 is 6.32. The molecule has 1 aromatic heterocycles. The highest BCUT2D eigenvalue weighted by Crippen LogP contribution is 2.32. The number of halogens is 2. The van der Waals surface area contributed by atoms with Crippen molar-refractivity contribution in [2.45, 2.75) is 39.5 Å². The zero-order valence-electron chi connectivity index (χ0n) is 24.3. The van der Waals surface area contributed by atoms with Gasteiger partial charge in [0.15, 0.2) is 11.6 Å². The smallest absolute Gasteiger partial charge is 0.262 e. The highest BCUT2D eigenvalue weighted by molar-refractivity contribution is 6.32. The summed E-state index contributed by atoms with van der Waals surface area (Å²) in [7, 11) is 0. The molecule has 0 bridgehead atoms. The molecule has 1 aliphatic rings. The molecule has 43 heavy (non-hydrogen) atoms. The van der Waals surface area contributed by atoms with Crippen LogP contribution in [0.1, 0.15) is 47.2 Å². The minimum atomic E-state index is -0.500. The van der Waals surface area contributed by atoms with E-state index in [0.29, 0.717) is 28.8 Å². The van der Waals surface area contributed by atoms with E-state index in [4.69, 9.17) is 21.1 Å². The van der Waals surface area contributed by atoms with Gasteiger partial charge in [-0.3, -0.25) is 4.79 Å². The molecule has 8 nitrogen and oxygen atoms in total. The fraction of sp³-hybridized carbons (Fsp3) is 0.303. The number of nitrogens with one attached hydrogen (secondary N) is 2. The third-order valence-electron chi connectivity index (χ3n) is 7.27. The number of hydrogen-bond acceptors (Lipinski definition) is 7. The number of carbonyl (C=O) groups excluding carboxylic acids is 1. The number of aromatic nitrogens is 2. The van der Waals surface area contributed by atoms with Crippen molar-refractivity contribution in [2.24, 2.45) is 0 Å². The quantitative estimate of drug-likeness (QED) is 0.168. The molecule has 0 unspecified atom stereocenters. The maximum atomic E-state index is 14.9. The number of benzene rings is 3. The van der Waals surface area contributed by atoms with Gasteiger partial charge in [0.25, 0.3) is 5.91 Å². The number of anilines is 3. The van der Waals surface area contributed by atoms with Crippen LogP contribution in [0.15, 0.2) is 66.9 Å². The van der Waals surface area contributed by atoms with Gasteiger partial charge in [0.2, 0.25) is 11.8 Å². The number of likely N-dealkylation sites (tertiary alicyclic amines) is 1. The number of aryl methyl sites for hydroxylation is 2. The van der Waals surface area contributed by atoms with Crippen molar-refractivity contribution in [2.75, 3.05) is 36.9 Å². The predicted octanol–water partition coefficient (Wildman–Crippen LogP) is 7.93. The molecule has 3 aromatic carbocycles. The van der Waals surface area contributed by atoms with Gasteiger partial charge in [0, 0.05) is 30.2 Å². The molecule has 1 amide bonds. The molecule has 1 saturated heterocycles. The molecule has 1 aliphatic heterocycles. The summed E-state index contributed by atoms with van der Waals surface area (Å²) in [5, 5.41) is 6.28. The van der Waals surface area contributed by atoms with Crippen molar-refractivity contribution in [3.8, 4) is 17.4 Å². The Kier molecular flexibility index (Phi) is 10.1. The second kappa shape index (κ2) is 14.3. The van der Waals surface area contributed by atoms with Crippen LogP contribution in [-0.4, -0.2) is 47.0 Å². The van der Waals surface area contributed by atoms with E-state index in [-0.39, 0.29) is 23.1 Å². The van der Waals surface area contributed by atoms with Crippen molar-refractivity contribution in [3.05, 3.63) is 94.4 Å². The van der Waals surface area contributed by atoms with Crippen molar-refractivity contribution >= 4 is 34.8 Å². The highest BCUT2D eigenvalue weighted by Gasteiger charge is 2.20. The number of piperidine rings is 1. The average molecular weight is 604 g/mol. The predicted molar refractivity (Wildman–Crippen MR) is 168 cm³/mol. The summed E-state index contributed by atoms with van der Waals surface area (Å²) in [5.41, 5.74) is 3.04. The zero-order valence-corrected chi connectivity index (χ0v) is 25.1. The number of rotatable bonds is 11. The van der Waals surface area contributed by atoms with Crippen LogP contribution in [0.25, 0.3) is 0 Å². The Bertz CT molecular complexity index is 1560. The summed E-state index contributed by atoms with van der Waals surface area (Å²) in [6.45, 7) is 7.48. The van der Waals surface area contributed by atoms with E-state index < -0.39 is 11.7 Å². The lowest BCUT2D eigenvalue weighted by Crippen LogP contribution is -2.31. The first-order valence-electron chi connectivity index (χ1n) is 14.5. The van der Waals surface area contributed by atoms with Crippen LogP contribution in [0.3, 0.4) is 0 Å². The van der Waals surface area contributed by atoms with Crippen molar-refractivity contribution in [1.29, 1.82) is 0 Å². The van der Waals surface area contributed by atoms with Gasteiger partial charge >= 0.3 is 0 Å². The first-order chi connectivity index (χ1) is 20.9. The molecule has 2 N–H and O–H groups in total. The number of nitrogens with zero attached hydrogens (tertiary/aromatic N) is 3. The van der Waals surface area contributed by atoms with E-state index in [1.165, 1.54) is 31.5 Å². The Morgan fingerprint density at radius 3 is 2.51 bits per heavy atom. The molecule has 5 rings (SSSR count). The minimum absolute atomic E-state index is 0.0107. The summed E-state index contributed by atoms with van der Waals surface area (Å²) in [5.74, 6) is -0.336. The lowest BCUT2D eigenvalue weighted by Gasteiger charge is -2.26. The number of amides is 1. The van der Waals surface area contributed by atoms with Crippen LogP contribution in [0, 0.1) is 19.7 Å². The maximum absolute atomic E-state index is 14.9. The SMILES string of the molecule is Cc1cccc(C)c1NC(=O)c1cnc(Nc2ccc(OCCCN3CCCCC3)c(F)c2)nc1Oc1ccccc1Cl. The van der Waals surface area contributed by atoms with Crippen LogP contribution in [0.5, 0.6) is 17.4 Å². The normalized spacial score (nSPS) is 13.4. The van der Waals surface area contributed by atoms with E-state index in [1.807, 2.05) is 32.0 Å². The van der Waals surface area contributed by atoms with Gasteiger partial charge < -0.3 is 25.0 Å². The Morgan fingerprint density at radius 1 is 1.00 bits per heavy atom. The van der Waals surface area contributed by atoms with E-state index in [0.717, 1.165) is 37.2 Å². The molecule has 0 spiro atoms. The lowest BCUT2D eigenvalue weighted by atomic mass is 10.1. The molecule has 10 heteroatoms.